The normalized spacial score (nSPS) is 12.0. The third-order valence-corrected chi connectivity index (χ3v) is 4.40. The zero-order chi connectivity index (χ0) is 15.2. The Bertz CT molecular complexity index is 630. The number of aromatic nitrogens is 2. The lowest BCUT2D eigenvalue weighted by Crippen LogP contribution is -2.25. The maximum atomic E-state index is 12.4. The Hall–Kier alpha value is -1.88. The molecule has 110 valence electrons. The number of nitrogens with one attached hydrogen (secondary N) is 1. The first kappa shape index (κ1) is 15.5. The van der Waals surface area contributed by atoms with E-state index in [-0.39, 0.29) is 11.2 Å². The summed E-state index contributed by atoms with van der Waals surface area (Å²) in [6.07, 6.45) is 2.27. The summed E-state index contributed by atoms with van der Waals surface area (Å²) in [5, 5.41) is 3.65. The van der Waals surface area contributed by atoms with Crippen LogP contribution in [0, 0.1) is 13.8 Å². The SMILES string of the molecule is CC[C@@H](Sc1cc(C)ncn1)C(=O)Nc1ccccc1C. The number of hydrogen-bond donors (Lipinski definition) is 1. The predicted molar refractivity (Wildman–Crippen MR) is 86.5 cm³/mol. The van der Waals surface area contributed by atoms with E-state index in [0.29, 0.717) is 0 Å². The Morgan fingerprint density at radius 2 is 2.05 bits per heavy atom. The van der Waals surface area contributed by atoms with Gasteiger partial charge in [0.15, 0.2) is 0 Å². The molecule has 21 heavy (non-hydrogen) atoms. The van der Waals surface area contributed by atoms with Gasteiger partial charge in [-0.2, -0.15) is 0 Å². The molecule has 0 aliphatic carbocycles. The van der Waals surface area contributed by atoms with Crippen molar-refractivity contribution in [1.29, 1.82) is 0 Å². The minimum atomic E-state index is -0.168. The molecule has 0 saturated carbocycles. The molecule has 0 unspecified atom stereocenters. The molecule has 1 N–H and O–H groups in total. The fourth-order valence-electron chi connectivity index (χ4n) is 1.89. The van der Waals surface area contributed by atoms with Crippen molar-refractivity contribution in [1.82, 2.24) is 9.97 Å². The van der Waals surface area contributed by atoms with Crippen LogP contribution in [0.4, 0.5) is 5.69 Å². The summed E-state index contributed by atoms with van der Waals surface area (Å²) in [5.74, 6) is 0.00747. The number of carbonyl (C=O) groups excluding carboxylic acids is 1. The van der Waals surface area contributed by atoms with Crippen LogP contribution in [0.3, 0.4) is 0 Å². The highest BCUT2D eigenvalue weighted by Crippen LogP contribution is 2.25. The molecule has 0 bridgehead atoms. The molecule has 0 aliphatic rings. The van der Waals surface area contributed by atoms with E-state index in [9.17, 15) is 4.79 Å². The van der Waals surface area contributed by atoms with Gasteiger partial charge in [-0.15, -0.1) is 0 Å². The van der Waals surface area contributed by atoms with Gasteiger partial charge in [-0.3, -0.25) is 4.79 Å². The van der Waals surface area contributed by atoms with Gasteiger partial charge >= 0.3 is 0 Å². The maximum Gasteiger partial charge on any atom is 0.237 e. The zero-order valence-electron chi connectivity index (χ0n) is 12.5. The Labute approximate surface area is 129 Å². The second kappa shape index (κ2) is 7.22. The predicted octanol–water partition coefficient (Wildman–Crippen LogP) is 3.60. The molecular weight excluding hydrogens is 282 g/mol. The lowest BCUT2D eigenvalue weighted by molar-refractivity contribution is -0.115. The van der Waals surface area contributed by atoms with E-state index < -0.39 is 0 Å². The summed E-state index contributed by atoms with van der Waals surface area (Å²) in [4.78, 5) is 20.7. The van der Waals surface area contributed by atoms with Crippen molar-refractivity contribution >= 4 is 23.4 Å². The summed E-state index contributed by atoms with van der Waals surface area (Å²) >= 11 is 1.47. The second-order valence-corrected chi connectivity index (χ2v) is 6.04. The molecule has 1 aromatic carbocycles. The van der Waals surface area contributed by atoms with Crippen LogP contribution in [0.25, 0.3) is 0 Å². The molecule has 2 aromatic rings. The van der Waals surface area contributed by atoms with Crippen molar-refractivity contribution in [2.75, 3.05) is 5.32 Å². The third-order valence-electron chi connectivity index (χ3n) is 3.11. The van der Waals surface area contributed by atoms with Crippen molar-refractivity contribution in [3.05, 3.63) is 47.9 Å². The standard InChI is InChI=1S/C16H19N3OS/c1-4-14(21-15-9-12(3)17-10-18-15)16(20)19-13-8-6-5-7-11(13)2/h5-10,14H,4H2,1-3H3,(H,19,20)/t14-/m1/s1. The largest absolute Gasteiger partial charge is 0.325 e. The van der Waals surface area contributed by atoms with Crippen LogP contribution >= 0.6 is 11.8 Å². The number of benzene rings is 1. The monoisotopic (exact) mass is 301 g/mol. The van der Waals surface area contributed by atoms with Crippen molar-refractivity contribution in [2.45, 2.75) is 37.5 Å². The van der Waals surface area contributed by atoms with Crippen molar-refractivity contribution in [3.8, 4) is 0 Å². The van der Waals surface area contributed by atoms with Gasteiger partial charge in [0.05, 0.1) is 5.25 Å². The van der Waals surface area contributed by atoms with Gasteiger partial charge in [-0.1, -0.05) is 36.9 Å². The van der Waals surface area contributed by atoms with E-state index in [0.717, 1.165) is 28.4 Å². The Morgan fingerprint density at radius 3 is 2.71 bits per heavy atom. The van der Waals surface area contributed by atoms with Crippen molar-refractivity contribution in [2.24, 2.45) is 0 Å². The van der Waals surface area contributed by atoms with E-state index in [1.54, 1.807) is 0 Å². The highest BCUT2D eigenvalue weighted by molar-refractivity contribution is 8.00. The first-order valence-corrected chi connectivity index (χ1v) is 7.80. The average molecular weight is 301 g/mol. The van der Waals surface area contributed by atoms with Crippen LogP contribution < -0.4 is 5.32 Å². The van der Waals surface area contributed by atoms with E-state index in [1.165, 1.54) is 18.1 Å². The first-order valence-electron chi connectivity index (χ1n) is 6.92. The summed E-state index contributed by atoms with van der Waals surface area (Å²) in [6.45, 7) is 5.90. The van der Waals surface area contributed by atoms with E-state index >= 15 is 0 Å². The fraction of sp³-hybridized carbons (Fsp3) is 0.312. The Kier molecular flexibility index (Phi) is 5.33. The molecule has 2 rings (SSSR count). The lowest BCUT2D eigenvalue weighted by atomic mass is 10.2. The van der Waals surface area contributed by atoms with Gasteiger partial charge in [-0.25, -0.2) is 9.97 Å². The van der Waals surface area contributed by atoms with Crippen LogP contribution in [-0.2, 0) is 4.79 Å². The molecule has 0 saturated heterocycles. The van der Waals surface area contributed by atoms with Gasteiger partial charge in [-0.05, 0) is 38.0 Å². The van der Waals surface area contributed by atoms with Crippen molar-refractivity contribution < 1.29 is 4.79 Å². The number of anilines is 1. The molecule has 1 atom stereocenters. The van der Waals surface area contributed by atoms with Gasteiger partial charge in [0.25, 0.3) is 0 Å². The summed E-state index contributed by atoms with van der Waals surface area (Å²) in [6, 6.07) is 9.68. The molecule has 5 heteroatoms. The minimum absolute atomic E-state index is 0.00747. The molecule has 0 spiro atoms. The Balaban J connectivity index is 2.07. The lowest BCUT2D eigenvalue weighted by Gasteiger charge is -2.15. The van der Waals surface area contributed by atoms with E-state index in [1.807, 2.05) is 51.1 Å². The highest BCUT2D eigenvalue weighted by Gasteiger charge is 2.19. The zero-order valence-corrected chi connectivity index (χ0v) is 13.3. The van der Waals surface area contributed by atoms with Crippen LogP contribution in [0.2, 0.25) is 0 Å². The van der Waals surface area contributed by atoms with Crippen LogP contribution in [0.15, 0.2) is 41.7 Å². The molecule has 4 nitrogen and oxygen atoms in total. The van der Waals surface area contributed by atoms with Crippen LogP contribution in [0.5, 0.6) is 0 Å². The van der Waals surface area contributed by atoms with Crippen LogP contribution in [-0.4, -0.2) is 21.1 Å². The van der Waals surface area contributed by atoms with Crippen molar-refractivity contribution in [3.63, 3.8) is 0 Å². The maximum absolute atomic E-state index is 12.4. The number of carbonyl (C=O) groups is 1. The molecule has 1 aromatic heterocycles. The molecule has 0 radical (unpaired) electrons. The quantitative estimate of drug-likeness (QED) is 0.677. The first-order chi connectivity index (χ1) is 10.1. The number of amides is 1. The highest BCUT2D eigenvalue weighted by atomic mass is 32.2. The second-order valence-electron chi connectivity index (χ2n) is 4.82. The van der Waals surface area contributed by atoms with Gasteiger partial charge in [0.1, 0.15) is 11.4 Å². The molecular formula is C16H19N3OS. The third kappa shape index (κ3) is 4.29. The number of para-hydroxylation sites is 1. The molecule has 0 aliphatic heterocycles. The Morgan fingerprint density at radius 1 is 1.29 bits per heavy atom. The molecule has 0 fully saturated rings. The van der Waals surface area contributed by atoms with Gasteiger partial charge in [0, 0.05) is 11.4 Å². The fourth-order valence-corrected chi connectivity index (χ4v) is 2.86. The smallest absolute Gasteiger partial charge is 0.237 e. The minimum Gasteiger partial charge on any atom is -0.325 e. The number of aryl methyl sites for hydroxylation is 2. The number of hydrogen-bond acceptors (Lipinski definition) is 4. The summed E-state index contributed by atoms with van der Waals surface area (Å²) in [7, 11) is 0. The average Bonchev–Trinajstić information content (AvgIpc) is 2.47. The molecule has 1 heterocycles. The number of rotatable bonds is 5. The summed E-state index contributed by atoms with van der Waals surface area (Å²) < 4.78 is 0. The van der Waals surface area contributed by atoms with E-state index in [2.05, 4.69) is 15.3 Å². The topological polar surface area (TPSA) is 54.9 Å². The number of nitrogens with zero attached hydrogens (tertiary/aromatic N) is 2. The van der Waals surface area contributed by atoms with Gasteiger partial charge < -0.3 is 5.32 Å². The van der Waals surface area contributed by atoms with Crippen LogP contribution in [0.1, 0.15) is 24.6 Å². The van der Waals surface area contributed by atoms with E-state index in [4.69, 9.17) is 0 Å². The number of thioether (sulfide) groups is 1. The summed E-state index contributed by atoms with van der Waals surface area (Å²) in [5.41, 5.74) is 2.82. The van der Waals surface area contributed by atoms with Gasteiger partial charge in [0.2, 0.25) is 5.91 Å². The molecule has 1 amide bonds.